The maximum Gasteiger partial charge on any atom is 0.325 e. The Bertz CT molecular complexity index is 493. The standard InChI is InChI=1S/C18H29NO6/c1-2-13-3-5-14(6-4-13)7-8-15(21)17(22)16(19)18(23)25-12-11-24-10-9-20/h3-6,15-17,20-22H,2,7-12,19H2,1H3. The van der Waals surface area contributed by atoms with Gasteiger partial charge in [-0.1, -0.05) is 31.2 Å². The molecule has 1 aromatic carbocycles. The molecule has 0 spiro atoms. The fraction of sp³-hybridized carbons (Fsp3) is 0.611. The Morgan fingerprint density at radius 3 is 2.36 bits per heavy atom. The highest BCUT2D eigenvalue weighted by molar-refractivity contribution is 5.76. The third kappa shape index (κ3) is 7.94. The van der Waals surface area contributed by atoms with E-state index < -0.39 is 24.2 Å². The van der Waals surface area contributed by atoms with Crippen molar-refractivity contribution in [2.45, 2.75) is 44.4 Å². The number of rotatable bonds is 12. The smallest absolute Gasteiger partial charge is 0.325 e. The Kier molecular flexibility index (Phi) is 10.3. The van der Waals surface area contributed by atoms with E-state index in [0.717, 1.165) is 12.0 Å². The van der Waals surface area contributed by atoms with E-state index in [-0.39, 0.29) is 32.8 Å². The second-order valence-corrected chi connectivity index (χ2v) is 5.80. The molecule has 7 heteroatoms. The number of hydrogen-bond acceptors (Lipinski definition) is 7. The van der Waals surface area contributed by atoms with Crippen molar-refractivity contribution in [3.05, 3.63) is 35.4 Å². The van der Waals surface area contributed by atoms with Crippen molar-refractivity contribution in [2.24, 2.45) is 5.73 Å². The molecule has 0 saturated heterocycles. The van der Waals surface area contributed by atoms with Crippen molar-refractivity contribution in [1.29, 1.82) is 0 Å². The molecule has 0 fully saturated rings. The van der Waals surface area contributed by atoms with Crippen molar-refractivity contribution >= 4 is 5.97 Å². The van der Waals surface area contributed by atoms with Crippen molar-refractivity contribution in [3.63, 3.8) is 0 Å². The van der Waals surface area contributed by atoms with E-state index in [9.17, 15) is 15.0 Å². The SMILES string of the molecule is CCc1ccc(CCC(O)C(O)C(N)C(=O)OCCOCCO)cc1. The first-order chi connectivity index (χ1) is 12.0. The molecule has 0 saturated carbocycles. The van der Waals surface area contributed by atoms with Crippen LogP contribution in [0.3, 0.4) is 0 Å². The molecule has 5 N–H and O–H groups in total. The van der Waals surface area contributed by atoms with Crippen LogP contribution >= 0.6 is 0 Å². The van der Waals surface area contributed by atoms with Crippen LogP contribution in [-0.4, -0.2) is 66.0 Å². The highest BCUT2D eigenvalue weighted by Gasteiger charge is 2.29. The summed E-state index contributed by atoms with van der Waals surface area (Å²) in [4.78, 5) is 11.7. The van der Waals surface area contributed by atoms with Gasteiger partial charge >= 0.3 is 5.97 Å². The van der Waals surface area contributed by atoms with E-state index in [1.807, 2.05) is 24.3 Å². The fourth-order valence-electron chi connectivity index (χ4n) is 2.27. The predicted octanol–water partition coefficient (Wildman–Crippen LogP) is -0.217. The number of aliphatic hydroxyl groups is 3. The van der Waals surface area contributed by atoms with Crippen LogP contribution in [0, 0.1) is 0 Å². The predicted molar refractivity (Wildman–Crippen MR) is 93.0 cm³/mol. The van der Waals surface area contributed by atoms with Gasteiger partial charge in [0.05, 0.1) is 25.9 Å². The van der Waals surface area contributed by atoms with Crippen LogP contribution in [0.2, 0.25) is 0 Å². The van der Waals surface area contributed by atoms with Crippen LogP contribution in [0.25, 0.3) is 0 Å². The quantitative estimate of drug-likeness (QED) is 0.302. The lowest BCUT2D eigenvalue weighted by Crippen LogP contribution is -2.49. The summed E-state index contributed by atoms with van der Waals surface area (Å²) in [6, 6.07) is 6.70. The van der Waals surface area contributed by atoms with Crippen LogP contribution < -0.4 is 5.73 Å². The molecule has 1 aromatic rings. The van der Waals surface area contributed by atoms with Crippen LogP contribution in [0.1, 0.15) is 24.5 Å². The Labute approximate surface area is 148 Å². The lowest BCUT2D eigenvalue weighted by Gasteiger charge is -2.22. The Hall–Kier alpha value is -1.51. The van der Waals surface area contributed by atoms with Crippen LogP contribution in [-0.2, 0) is 27.1 Å². The molecule has 0 aliphatic carbocycles. The Morgan fingerprint density at radius 2 is 1.76 bits per heavy atom. The summed E-state index contributed by atoms with van der Waals surface area (Å²) in [5.74, 6) is -0.800. The zero-order valence-corrected chi connectivity index (χ0v) is 14.6. The zero-order chi connectivity index (χ0) is 18.7. The molecule has 0 aliphatic heterocycles. The van der Waals surface area contributed by atoms with Gasteiger partial charge in [-0.25, -0.2) is 0 Å². The minimum absolute atomic E-state index is 0.0286. The van der Waals surface area contributed by atoms with Gasteiger partial charge in [-0.15, -0.1) is 0 Å². The van der Waals surface area contributed by atoms with E-state index >= 15 is 0 Å². The molecule has 25 heavy (non-hydrogen) atoms. The highest BCUT2D eigenvalue weighted by atomic mass is 16.6. The second kappa shape index (κ2) is 11.9. The summed E-state index contributed by atoms with van der Waals surface area (Å²) in [5.41, 5.74) is 7.92. The average Bonchev–Trinajstić information content (AvgIpc) is 2.64. The molecule has 0 aromatic heterocycles. The molecule has 0 bridgehead atoms. The minimum Gasteiger partial charge on any atom is -0.462 e. The Morgan fingerprint density at radius 1 is 1.12 bits per heavy atom. The molecule has 0 heterocycles. The van der Waals surface area contributed by atoms with Crippen molar-refractivity contribution in [1.82, 2.24) is 0 Å². The van der Waals surface area contributed by atoms with Crippen LogP contribution in [0.4, 0.5) is 0 Å². The monoisotopic (exact) mass is 355 g/mol. The van der Waals surface area contributed by atoms with Gasteiger partial charge in [0.1, 0.15) is 18.8 Å². The molecule has 0 aliphatic rings. The first-order valence-corrected chi connectivity index (χ1v) is 8.54. The van der Waals surface area contributed by atoms with E-state index in [1.165, 1.54) is 5.56 Å². The van der Waals surface area contributed by atoms with Crippen LogP contribution in [0.15, 0.2) is 24.3 Å². The second-order valence-electron chi connectivity index (χ2n) is 5.80. The van der Waals surface area contributed by atoms with Crippen molar-refractivity contribution < 1.29 is 29.6 Å². The lowest BCUT2D eigenvalue weighted by atomic mass is 9.98. The zero-order valence-electron chi connectivity index (χ0n) is 14.6. The normalized spacial score (nSPS) is 14.8. The number of hydrogen-bond donors (Lipinski definition) is 4. The maximum absolute atomic E-state index is 11.7. The fourth-order valence-corrected chi connectivity index (χ4v) is 2.27. The van der Waals surface area contributed by atoms with Gasteiger partial charge in [0, 0.05) is 0 Å². The molecule has 0 radical (unpaired) electrons. The van der Waals surface area contributed by atoms with Gasteiger partial charge < -0.3 is 30.5 Å². The maximum atomic E-state index is 11.7. The number of aliphatic hydroxyl groups excluding tert-OH is 3. The number of nitrogens with two attached hydrogens (primary N) is 1. The van der Waals surface area contributed by atoms with Gasteiger partial charge in [0.25, 0.3) is 0 Å². The van der Waals surface area contributed by atoms with Gasteiger partial charge in [-0.2, -0.15) is 0 Å². The summed E-state index contributed by atoms with van der Waals surface area (Å²) in [5, 5.41) is 28.6. The summed E-state index contributed by atoms with van der Waals surface area (Å²) < 4.78 is 9.81. The van der Waals surface area contributed by atoms with Gasteiger partial charge in [-0.3, -0.25) is 4.79 Å². The molecule has 7 nitrogen and oxygen atoms in total. The topological polar surface area (TPSA) is 122 Å². The van der Waals surface area contributed by atoms with Gasteiger partial charge in [-0.05, 0) is 30.4 Å². The van der Waals surface area contributed by atoms with E-state index in [2.05, 4.69) is 6.92 Å². The molecular formula is C18H29NO6. The van der Waals surface area contributed by atoms with Crippen molar-refractivity contribution in [3.8, 4) is 0 Å². The first-order valence-electron chi connectivity index (χ1n) is 8.54. The summed E-state index contributed by atoms with van der Waals surface area (Å²) in [6.45, 7) is 2.22. The summed E-state index contributed by atoms with van der Waals surface area (Å²) in [6.07, 6.45) is -0.713. The van der Waals surface area contributed by atoms with Crippen LogP contribution in [0.5, 0.6) is 0 Å². The number of esters is 1. The number of benzene rings is 1. The number of carbonyl (C=O) groups excluding carboxylic acids is 1. The molecule has 1 rings (SSSR count). The Balaban J connectivity index is 2.35. The number of aryl methyl sites for hydroxylation is 2. The molecule has 3 unspecified atom stereocenters. The van der Waals surface area contributed by atoms with E-state index in [0.29, 0.717) is 6.42 Å². The summed E-state index contributed by atoms with van der Waals surface area (Å²) >= 11 is 0. The molecule has 142 valence electrons. The average molecular weight is 355 g/mol. The first kappa shape index (κ1) is 21.5. The molecular weight excluding hydrogens is 326 g/mol. The van der Waals surface area contributed by atoms with Gasteiger partial charge in [0.2, 0.25) is 0 Å². The van der Waals surface area contributed by atoms with E-state index in [1.54, 1.807) is 0 Å². The minimum atomic E-state index is -1.40. The highest BCUT2D eigenvalue weighted by Crippen LogP contribution is 2.11. The largest absolute Gasteiger partial charge is 0.462 e. The third-order valence-corrected chi connectivity index (χ3v) is 3.90. The number of ether oxygens (including phenoxy) is 2. The van der Waals surface area contributed by atoms with E-state index in [4.69, 9.17) is 20.3 Å². The van der Waals surface area contributed by atoms with Crippen molar-refractivity contribution in [2.75, 3.05) is 26.4 Å². The van der Waals surface area contributed by atoms with Gasteiger partial charge in [0.15, 0.2) is 0 Å². The summed E-state index contributed by atoms with van der Waals surface area (Å²) in [7, 11) is 0. The molecule has 0 amide bonds. The number of carbonyl (C=O) groups is 1. The lowest BCUT2D eigenvalue weighted by molar-refractivity contribution is -0.151. The third-order valence-electron chi connectivity index (χ3n) is 3.90. The molecule has 3 atom stereocenters.